The van der Waals surface area contributed by atoms with E-state index in [2.05, 4.69) is 5.32 Å². The first-order valence-electron chi connectivity index (χ1n) is 9.88. The van der Waals surface area contributed by atoms with E-state index in [1.165, 1.54) is 22.9 Å². The number of carbonyl (C=O) groups is 1. The monoisotopic (exact) mass is 395 g/mol. The highest BCUT2D eigenvalue weighted by Crippen LogP contribution is 2.26. The summed E-state index contributed by atoms with van der Waals surface area (Å²) >= 11 is 0. The normalized spacial score (nSPS) is 16.5. The maximum atomic E-state index is 12.9. The Bertz CT molecular complexity index is 721. The third-order valence-electron chi connectivity index (χ3n) is 5.89. The Balaban J connectivity index is 2.06. The zero-order chi connectivity index (χ0) is 20.1. The van der Waals surface area contributed by atoms with Crippen LogP contribution in [0.5, 0.6) is 0 Å². The molecule has 1 aliphatic carbocycles. The second kappa shape index (κ2) is 9.17. The minimum absolute atomic E-state index is 0.0625. The van der Waals surface area contributed by atoms with Crippen LogP contribution < -0.4 is 11.1 Å². The molecule has 0 atom stereocenters. The van der Waals surface area contributed by atoms with Crippen molar-refractivity contribution in [3.8, 4) is 0 Å². The van der Waals surface area contributed by atoms with Gasteiger partial charge in [-0.3, -0.25) is 4.79 Å². The molecule has 6 nitrogen and oxygen atoms in total. The van der Waals surface area contributed by atoms with Crippen LogP contribution in [-0.2, 0) is 10.0 Å². The van der Waals surface area contributed by atoms with Crippen molar-refractivity contribution in [3.05, 3.63) is 29.8 Å². The summed E-state index contributed by atoms with van der Waals surface area (Å²) in [7, 11) is -1.89. The number of hydrogen-bond donors (Lipinski definition) is 2. The van der Waals surface area contributed by atoms with Gasteiger partial charge in [0.25, 0.3) is 5.91 Å². The van der Waals surface area contributed by atoms with Crippen molar-refractivity contribution in [1.82, 2.24) is 9.62 Å². The van der Waals surface area contributed by atoms with E-state index >= 15 is 0 Å². The number of carbonyl (C=O) groups excluding carboxylic acids is 1. The summed E-state index contributed by atoms with van der Waals surface area (Å²) in [6.45, 7) is 4.39. The molecule has 7 heteroatoms. The van der Waals surface area contributed by atoms with Crippen molar-refractivity contribution in [1.29, 1.82) is 0 Å². The molecule has 1 aromatic rings. The van der Waals surface area contributed by atoms with Crippen molar-refractivity contribution in [3.63, 3.8) is 0 Å². The quantitative estimate of drug-likeness (QED) is 0.708. The van der Waals surface area contributed by atoms with Crippen molar-refractivity contribution in [2.45, 2.75) is 75.3 Å². The molecular formula is C20H33N3O3S. The number of benzene rings is 1. The fourth-order valence-corrected chi connectivity index (χ4v) is 4.86. The van der Waals surface area contributed by atoms with Crippen molar-refractivity contribution in [2.75, 3.05) is 13.6 Å². The first kappa shape index (κ1) is 21.9. The summed E-state index contributed by atoms with van der Waals surface area (Å²) in [6.07, 6.45) is 6.68. The minimum Gasteiger partial charge on any atom is -0.350 e. The standard InChI is InChI=1S/C20H33N3O3S/c1-4-20(21,5-2)15-22-19(24)16-11-13-18(14-12-16)27(25,26)23(3)17-9-7-6-8-10-17/h11-14,17H,4-10,15,21H2,1-3H3,(H,22,24). The number of sulfonamides is 1. The molecule has 0 heterocycles. The molecule has 0 bridgehead atoms. The zero-order valence-corrected chi connectivity index (χ0v) is 17.5. The molecule has 2 rings (SSSR count). The Morgan fingerprint density at radius 1 is 1.15 bits per heavy atom. The number of amides is 1. The average Bonchev–Trinajstić information content (AvgIpc) is 2.71. The first-order valence-corrected chi connectivity index (χ1v) is 11.3. The molecule has 0 spiro atoms. The van der Waals surface area contributed by atoms with Crippen molar-refractivity contribution in [2.24, 2.45) is 5.73 Å². The Morgan fingerprint density at radius 3 is 2.22 bits per heavy atom. The van der Waals surface area contributed by atoms with Gasteiger partial charge in [-0.25, -0.2) is 8.42 Å². The van der Waals surface area contributed by atoms with Gasteiger partial charge in [0.2, 0.25) is 10.0 Å². The molecular weight excluding hydrogens is 362 g/mol. The number of nitrogens with two attached hydrogens (primary N) is 1. The molecule has 1 aliphatic rings. The van der Waals surface area contributed by atoms with Gasteiger partial charge in [-0.15, -0.1) is 0 Å². The van der Waals surface area contributed by atoms with E-state index in [0.29, 0.717) is 12.1 Å². The maximum absolute atomic E-state index is 12.9. The van der Waals surface area contributed by atoms with E-state index in [1.807, 2.05) is 13.8 Å². The van der Waals surface area contributed by atoms with E-state index in [1.54, 1.807) is 19.2 Å². The topological polar surface area (TPSA) is 92.5 Å². The van der Waals surface area contributed by atoms with Crippen LogP contribution in [0, 0.1) is 0 Å². The Morgan fingerprint density at radius 2 is 1.70 bits per heavy atom. The molecule has 1 amide bonds. The van der Waals surface area contributed by atoms with Crippen LogP contribution in [0.25, 0.3) is 0 Å². The van der Waals surface area contributed by atoms with Crippen molar-refractivity contribution < 1.29 is 13.2 Å². The number of rotatable bonds is 8. The van der Waals surface area contributed by atoms with E-state index in [0.717, 1.165) is 38.5 Å². The van der Waals surface area contributed by atoms with Gasteiger partial charge in [0.15, 0.2) is 0 Å². The summed E-state index contributed by atoms with van der Waals surface area (Å²) in [4.78, 5) is 12.6. The highest BCUT2D eigenvalue weighted by molar-refractivity contribution is 7.89. The first-order chi connectivity index (χ1) is 12.7. The van der Waals surface area contributed by atoms with E-state index in [4.69, 9.17) is 5.73 Å². The highest BCUT2D eigenvalue weighted by atomic mass is 32.2. The average molecular weight is 396 g/mol. The number of hydrogen-bond acceptors (Lipinski definition) is 4. The lowest BCUT2D eigenvalue weighted by atomic mass is 9.94. The van der Waals surface area contributed by atoms with E-state index in [9.17, 15) is 13.2 Å². The fourth-order valence-electron chi connectivity index (χ4n) is 3.44. The molecule has 0 aliphatic heterocycles. The summed E-state index contributed by atoms with van der Waals surface area (Å²) in [5.41, 5.74) is 6.23. The number of nitrogens with zero attached hydrogens (tertiary/aromatic N) is 1. The van der Waals surface area contributed by atoms with Crippen LogP contribution in [-0.4, -0.2) is 43.8 Å². The largest absolute Gasteiger partial charge is 0.350 e. The van der Waals surface area contributed by atoms with Crippen LogP contribution in [0.4, 0.5) is 0 Å². The van der Waals surface area contributed by atoms with Crippen LogP contribution in [0.2, 0.25) is 0 Å². The molecule has 0 saturated heterocycles. The lowest BCUT2D eigenvalue weighted by Crippen LogP contribution is -2.49. The van der Waals surface area contributed by atoms with E-state index < -0.39 is 15.6 Å². The lowest BCUT2D eigenvalue weighted by molar-refractivity contribution is 0.0942. The smallest absolute Gasteiger partial charge is 0.251 e. The van der Waals surface area contributed by atoms with Gasteiger partial charge in [-0.2, -0.15) is 4.31 Å². The maximum Gasteiger partial charge on any atom is 0.251 e. The molecule has 1 saturated carbocycles. The van der Waals surface area contributed by atoms with Gasteiger partial charge in [-0.05, 0) is 49.9 Å². The Hall–Kier alpha value is -1.44. The molecule has 27 heavy (non-hydrogen) atoms. The minimum atomic E-state index is -3.54. The van der Waals surface area contributed by atoms with E-state index in [-0.39, 0.29) is 16.8 Å². The molecule has 1 aromatic carbocycles. The SMILES string of the molecule is CCC(N)(CC)CNC(=O)c1ccc(S(=O)(=O)N(C)C2CCCCC2)cc1. The molecule has 3 N–H and O–H groups in total. The second-order valence-corrected chi connectivity index (χ2v) is 9.59. The van der Waals surface area contributed by atoms with Crippen molar-refractivity contribution >= 4 is 15.9 Å². The van der Waals surface area contributed by atoms with Crippen LogP contribution in [0.15, 0.2) is 29.2 Å². The van der Waals surface area contributed by atoms with Crippen LogP contribution >= 0.6 is 0 Å². The third-order valence-corrected chi connectivity index (χ3v) is 7.82. The second-order valence-electron chi connectivity index (χ2n) is 7.59. The predicted octanol–water partition coefficient (Wildman–Crippen LogP) is 2.89. The van der Waals surface area contributed by atoms with Gasteiger partial charge in [-0.1, -0.05) is 33.1 Å². The fraction of sp³-hybridized carbons (Fsp3) is 0.650. The number of nitrogens with one attached hydrogen (secondary N) is 1. The molecule has 0 aromatic heterocycles. The third kappa shape index (κ3) is 5.30. The van der Waals surface area contributed by atoms with Crippen LogP contribution in [0.3, 0.4) is 0 Å². The van der Waals surface area contributed by atoms with Crippen LogP contribution in [0.1, 0.15) is 69.2 Å². The summed E-state index contributed by atoms with van der Waals surface area (Å²) in [6, 6.07) is 6.21. The van der Waals surface area contributed by atoms with Gasteiger partial charge >= 0.3 is 0 Å². The Labute approximate surface area is 163 Å². The molecule has 0 radical (unpaired) electrons. The molecule has 1 fully saturated rings. The summed E-state index contributed by atoms with van der Waals surface area (Å²) in [5.74, 6) is -0.240. The van der Waals surface area contributed by atoms with Gasteiger partial charge in [0.1, 0.15) is 0 Å². The van der Waals surface area contributed by atoms with Gasteiger partial charge in [0, 0.05) is 30.7 Å². The predicted molar refractivity (Wildman–Crippen MR) is 108 cm³/mol. The summed E-state index contributed by atoms with van der Waals surface area (Å²) in [5, 5.41) is 2.85. The summed E-state index contributed by atoms with van der Waals surface area (Å²) < 4.78 is 27.2. The highest BCUT2D eigenvalue weighted by Gasteiger charge is 2.29. The molecule has 0 unspecified atom stereocenters. The lowest BCUT2D eigenvalue weighted by Gasteiger charge is -2.30. The zero-order valence-electron chi connectivity index (χ0n) is 16.7. The van der Waals surface area contributed by atoms with Gasteiger partial charge in [0.05, 0.1) is 4.90 Å². The Kier molecular flexibility index (Phi) is 7.42. The molecule has 152 valence electrons. The van der Waals surface area contributed by atoms with Gasteiger partial charge < -0.3 is 11.1 Å².